The molecule has 1 heterocycles. The minimum absolute atomic E-state index is 0. The van der Waals surface area contributed by atoms with Gasteiger partial charge in [-0.25, -0.2) is 13.1 Å². The second kappa shape index (κ2) is 15.0. The number of piperidine rings is 1. The van der Waals surface area contributed by atoms with Gasteiger partial charge in [-0.3, -0.25) is 4.99 Å². The van der Waals surface area contributed by atoms with Gasteiger partial charge in [-0.2, -0.15) is 0 Å². The number of nitrogens with zero attached hydrogens (tertiary/aromatic N) is 2. The minimum atomic E-state index is -3.54. The van der Waals surface area contributed by atoms with Crippen LogP contribution in [0, 0.1) is 0 Å². The molecule has 31 heavy (non-hydrogen) atoms. The number of sulfonamides is 1. The number of methoxy groups -OCH3 is 1. The molecular formula is C21H38IN5O3S. The molecule has 10 heteroatoms. The first-order valence-corrected chi connectivity index (χ1v) is 12.2. The van der Waals surface area contributed by atoms with Gasteiger partial charge in [-0.1, -0.05) is 18.6 Å². The number of rotatable bonds is 11. The van der Waals surface area contributed by atoms with Crippen LogP contribution in [0.25, 0.3) is 0 Å². The van der Waals surface area contributed by atoms with E-state index in [0.29, 0.717) is 25.2 Å². The van der Waals surface area contributed by atoms with E-state index < -0.39 is 10.0 Å². The molecule has 8 nitrogen and oxygen atoms in total. The Morgan fingerprint density at radius 3 is 2.77 bits per heavy atom. The monoisotopic (exact) mass is 567 g/mol. The fourth-order valence-electron chi connectivity index (χ4n) is 3.57. The third-order valence-corrected chi connectivity index (χ3v) is 6.80. The molecule has 3 N–H and O–H groups in total. The smallest absolute Gasteiger partial charge is 0.240 e. The molecule has 1 atom stereocenters. The molecule has 0 aromatic heterocycles. The molecule has 0 spiro atoms. The standard InChI is InChI=1S/C21H37N5O3S.HI/c1-18-8-4-5-13-26(18)14-7-11-23-21(22-2)24-17-19-9-6-10-20(16-19)30(27,28)25-12-15-29-3;/h6,9-10,16,18,25H,4-5,7-8,11-15,17H2,1-3H3,(H2,22,23,24);1H. The molecule has 1 fully saturated rings. The summed E-state index contributed by atoms with van der Waals surface area (Å²) in [5, 5.41) is 6.59. The summed E-state index contributed by atoms with van der Waals surface area (Å²) >= 11 is 0. The highest BCUT2D eigenvalue weighted by atomic mass is 127. The van der Waals surface area contributed by atoms with Crippen molar-refractivity contribution in [3.05, 3.63) is 29.8 Å². The predicted octanol–water partition coefficient (Wildman–Crippen LogP) is 2.16. The number of likely N-dealkylation sites (tertiary alicyclic amines) is 1. The van der Waals surface area contributed by atoms with Crippen LogP contribution in [0.1, 0.15) is 38.2 Å². The fraction of sp³-hybridized carbons (Fsp3) is 0.667. The van der Waals surface area contributed by atoms with Crippen molar-refractivity contribution in [2.75, 3.05) is 46.9 Å². The van der Waals surface area contributed by atoms with Gasteiger partial charge >= 0.3 is 0 Å². The summed E-state index contributed by atoms with van der Waals surface area (Å²) in [6.45, 7) is 6.53. The third-order valence-electron chi connectivity index (χ3n) is 5.35. The van der Waals surface area contributed by atoms with Crippen LogP contribution in [-0.4, -0.2) is 72.3 Å². The van der Waals surface area contributed by atoms with Crippen LogP contribution in [0.2, 0.25) is 0 Å². The maximum absolute atomic E-state index is 12.4. The van der Waals surface area contributed by atoms with Crippen LogP contribution in [0.15, 0.2) is 34.2 Å². The van der Waals surface area contributed by atoms with Gasteiger partial charge in [0.05, 0.1) is 11.5 Å². The fourth-order valence-corrected chi connectivity index (χ4v) is 4.65. The summed E-state index contributed by atoms with van der Waals surface area (Å²) in [5.74, 6) is 0.716. The van der Waals surface area contributed by atoms with Crippen molar-refractivity contribution in [3.63, 3.8) is 0 Å². The largest absolute Gasteiger partial charge is 0.383 e. The SMILES string of the molecule is CN=C(NCCCN1CCCCC1C)NCc1cccc(S(=O)(=O)NCCOC)c1.I. The second-order valence-corrected chi connectivity index (χ2v) is 9.39. The summed E-state index contributed by atoms with van der Waals surface area (Å²) < 4.78 is 32.1. The van der Waals surface area contributed by atoms with Crippen molar-refractivity contribution >= 4 is 40.0 Å². The molecular weight excluding hydrogens is 529 g/mol. The van der Waals surface area contributed by atoms with E-state index in [0.717, 1.165) is 25.1 Å². The number of aliphatic imine (C=N–C) groups is 1. The van der Waals surface area contributed by atoms with Crippen LogP contribution in [0.3, 0.4) is 0 Å². The summed E-state index contributed by atoms with van der Waals surface area (Å²) in [5.41, 5.74) is 0.870. The van der Waals surface area contributed by atoms with Crippen LogP contribution in [0.5, 0.6) is 0 Å². The zero-order valence-electron chi connectivity index (χ0n) is 18.9. The lowest BCUT2D eigenvalue weighted by Gasteiger charge is -2.33. The minimum Gasteiger partial charge on any atom is -0.383 e. The van der Waals surface area contributed by atoms with Crippen molar-refractivity contribution in [1.29, 1.82) is 0 Å². The highest BCUT2D eigenvalue weighted by Crippen LogP contribution is 2.16. The summed E-state index contributed by atoms with van der Waals surface area (Å²) in [6.07, 6.45) is 5.01. The molecule has 0 amide bonds. The molecule has 1 saturated heterocycles. The third kappa shape index (κ3) is 10.0. The lowest BCUT2D eigenvalue weighted by molar-refractivity contribution is 0.159. The number of ether oxygens (including phenoxy) is 1. The molecule has 1 aliphatic rings. The van der Waals surface area contributed by atoms with E-state index in [1.54, 1.807) is 25.2 Å². The van der Waals surface area contributed by atoms with Gasteiger partial charge in [-0.05, 0) is 50.4 Å². The lowest BCUT2D eigenvalue weighted by Crippen LogP contribution is -2.41. The summed E-state index contributed by atoms with van der Waals surface area (Å²) in [4.78, 5) is 7.07. The van der Waals surface area contributed by atoms with E-state index in [2.05, 4.69) is 32.2 Å². The first kappa shape index (κ1) is 28.1. The molecule has 0 saturated carbocycles. The van der Waals surface area contributed by atoms with Gasteiger partial charge in [0.25, 0.3) is 0 Å². The number of hydrogen-bond acceptors (Lipinski definition) is 5. The average molecular weight is 568 g/mol. The molecule has 0 radical (unpaired) electrons. The molecule has 2 rings (SSSR count). The molecule has 0 aliphatic carbocycles. The maximum atomic E-state index is 12.4. The molecule has 1 unspecified atom stereocenters. The summed E-state index contributed by atoms with van der Waals surface area (Å²) in [6, 6.07) is 7.59. The molecule has 1 aliphatic heterocycles. The van der Waals surface area contributed by atoms with Crippen molar-refractivity contribution in [3.8, 4) is 0 Å². The Kier molecular flexibility index (Phi) is 13.6. The first-order valence-electron chi connectivity index (χ1n) is 10.7. The number of guanidine groups is 1. The van der Waals surface area contributed by atoms with Gasteiger partial charge in [0.2, 0.25) is 10.0 Å². The van der Waals surface area contributed by atoms with Gasteiger partial charge in [-0.15, -0.1) is 24.0 Å². The highest BCUT2D eigenvalue weighted by molar-refractivity contribution is 14.0. The Morgan fingerprint density at radius 2 is 2.06 bits per heavy atom. The van der Waals surface area contributed by atoms with Crippen LogP contribution in [0.4, 0.5) is 0 Å². The maximum Gasteiger partial charge on any atom is 0.240 e. The quantitative estimate of drug-likeness (QED) is 0.164. The lowest BCUT2D eigenvalue weighted by atomic mass is 10.0. The Morgan fingerprint density at radius 1 is 1.26 bits per heavy atom. The van der Waals surface area contributed by atoms with Crippen LogP contribution >= 0.6 is 24.0 Å². The van der Waals surface area contributed by atoms with Gasteiger partial charge < -0.3 is 20.3 Å². The predicted molar refractivity (Wildman–Crippen MR) is 137 cm³/mol. The normalized spacial score (nSPS) is 17.8. The second-order valence-electron chi connectivity index (χ2n) is 7.62. The number of hydrogen-bond donors (Lipinski definition) is 3. The number of halogens is 1. The van der Waals surface area contributed by atoms with Gasteiger partial charge in [0.15, 0.2) is 5.96 Å². The van der Waals surface area contributed by atoms with E-state index in [-0.39, 0.29) is 35.4 Å². The molecule has 1 aromatic carbocycles. The van der Waals surface area contributed by atoms with Gasteiger partial charge in [0, 0.05) is 46.4 Å². The van der Waals surface area contributed by atoms with Crippen molar-refractivity contribution in [2.24, 2.45) is 4.99 Å². The molecule has 178 valence electrons. The number of benzene rings is 1. The summed E-state index contributed by atoms with van der Waals surface area (Å²) in [7, 11) is -0.264. The van der Waals surface area contributed by atoms with E-state index in [9.17, 15) is 8.42 Å². The van der Waals surface area contributed by atoms with Crippen molar-refractivity contribution in [2.45, 2.75) is 50.1 Å². The van der Waals surface area contributed by atoms with Crippen LogP contribution in [-0.2, 0) is 21.3 Å². The Hall–Kier alpha value is -0.950. The first-order chi connectivity index (χ1) is 14.5. The zero-order valence-corrected chi connectivity index (χ0v) is 22.0. The van der Waals surface area contributed by atoms with Gasteiger partial charge in [0.1, 0.15) is 0 Å². The topological polar surface area (TPSA) is 95.1 Å². The Labute approximate surface area is 204 Å². The van der Waals surface area contributed by atoms with E-state index in [4.69, 9.17) is 4.74 Å². The Bertz CT molecular complexity index is 776. The van der Waals surface area contributed by atoms with Crippen LogP contribution < -0.4 is 15.4 Å². The van der Waals surface area contributed by atoms with E-state index in [1.807, 2.05) is 6.07 Å². The molecule has 0 bridgehead atoms. The highest BCUT2D eigenvalue weighted by Gasteiger charge is 2.17. The van der Waals surface area contributed by atoms with E-state index >= 15 is 0 Å². The average Bonchev–Trinajstić information content (AvgIpc) is 2.75. The van der Waals surface area contributed by atoms with Crippen molar-refractivity contribution < 1.29 is 13.2 Å². The van der Waals surface area contributed by atoms with Crippen molar-refractivity contribution in [1.82, 2.24) is 20.3 Å². The van der Waals surface area contributed by atoms with E-state index in [1.165, 1.54) is 32.9 Å². The molecule has 1 aromatic rings. The Balaban J connectivity index is 0.00000480. The number of nitrogens with one attached hydrogen (secondary N) is 3. The zero-order chi connectivity index (χ0) is 21.8.